The van der Waals surface area contributed by atoms with Gasteiger partial charge in [0.25, 0.3) is 0 Å². The average molecular weight is 392 g/mol. The summed E-state index contributed by atoms with van der Waals surface area (Å²) in [5, 5.41) is 0. The van der Waals surface area contributed by atoms with E-state index in [0.29, 0.717) is 0 Å². The Balaban J connectivity index is 1.45. The molecule has 1 saturated heterocycles. The van der Waals surface area contributed by atoms with Crippen molar-refractivity contribution in [3.8, 4) is 17.2 Å². The number of hydrogen-bond acceptors (Lipinski definition) is 4. The van der Waals surface area contributed by atoms with Gasteiger partial charge in [-0.3, -0.25) is 0 Å². The zero-order valence-corrected chi connectivity index (χ0v) is 17.5. The lowest BCUT2D eigenvalue weighted by Crippen LogP contribution is -2.46. The van der Waals surface area contributed by atoms with Crippen LogP contribution in [-0.2, 0) is 0 Å². The number of ether oxygens (including phenoxy) is 3. The third-order valence-corrected chi connectivity index (χ3v) is 5.65. The van der Waals surface area contributed by atoms with E-state index in [1.54, 1.807) is 7.11 Å². The van der Waals surface area contributed by atoms with E-state index in [1.807, 2.05) is 38.1 Å². The number of hydrogen-bond donors (Lipinski definition) is 0. The molecule has 2 aliphatic rings. The fraction of sp³-hybridized carbons (Fsp3) is 0.360. The van der Waals surface area contributed by atoms with Gasteiger partial charge in [0.05, 0.1) is 13.2 Å². The van der Waals surface area contributed by atoms with Crippen molar-refractivity contribution in [3.63, 3.8) is 0 Å². The van der Waals surface area contributed by atoms with Crippen LogP contribution in [0.5, 0.6) is 17.2 Å². The first-order valence-electron chi connectivity index (χ1n) is 10.3. The normalized spacial score (nSPS) is 17.0. The molecule has 0 aliphatic carbocycles. The number of piperidine rings is 1. The summed E-state index contributed by atoms with van der Waals surface area (Å²) < 4.78 is 17.8. The highest BCUT2D eigenvalue weighted by molar-refractivity contribution is 5.66. The topological polar surface area (TPSA) is 30.9 Å². The first-order valence-corrected chi connectivity index (χ1v) is 10.3. The van der Waals surface area contributed by atoms with Crippen LogP contribution in [0.1, 0.15) is 37.8 Å². The molecule has 0 unspecified atom stereocenters. The average Bonchev–Trinajstić information content (AvgIpc) is 2.73. The molecule has 1 spiro atoms. The van der Waals surface area contributed by atoms with E-state index in [2.05, 4.69) is 41.8 Å². The minimum Gasteiger partial charge on any atom is -0.493 e. The number of nitrogens with zero attached hydrogens (tertiary/aromatic N) is 1. The number of para-hydroxylation sites is 1. The van der Waals surface area contributed by atoms with Crippen LogP contribution < -0.4 is 14.2 Å². The molecule has 1 fully saturated rings. The molecule has 2 heterocycles. The minimum absolute atomic E-state index is 0.102. The van der Waals surface area contributed by atoms with Gasteiger partial charge in [-0.15, -0.1) is 0 Å². The lowest BCUT2D eigenvalue weighted by atomic mass is 9.87. The van der Waals surface area contributed by atoms with Gasteiger partial charge in [-0.05, 0) is 44.2 Å². The molecular formula is C25H29NO3. The van der Waals surface area contributed by atoms with Gasteiger partial charge in [-0.1, -0.05) is 30.9 Å². The molecule has 2 aromatic carbocycles. The standard InChI is InChI=1S/C25H29NO3/c1-18(2)28-23-10-9-21(17-24(23)27-4)19(3)26-15-13-25(14-16-26)12-11-20-7-5-6-8-22(20)29-25/h5-12,17-18H,3,13-16H2,1-2,4H3. The van der Waals surface area contributed by atoms with Crippen LogP contribution in [-0.4, -0.2) is 36.8 Å². The highest BCUT2D eigenvalue weighted by Crippen LogP contribution is 2.39. The molecule has 0 atom stereocenters. The molecule has 4 heteroatoms. The van der Waals surface area contributed by atoms with Gasteiger partial charge < -0.3 is 19.1 Å². The Hall–Kier alpha value is -2.88. The molecule has 2 aromatic rings. The summed E-state index contributed by atoms with van der Waals surface area (Å²) in [4.78, 5) is 2.33. The van der Waals surface area contributed by atoms with E-state index in [9.17, 15) is 0 Å². The Bertz CT molecular complexity index is 923. The monoisotopic (exact) mass is 391 g/mol. The maximum absolute atomic E-state index is 6.40. The van der Waals surface area contributed by atoms with Crippen molar-refractivity contribution in [1.29, 1.82) is 0 Å². The quantitative estimate of drug-likeness (QED) is 0.683. The summed E-state index contributed by atoms with van der Waals surface area (Å²) in [6.07, 6.45) is 6.40. The SMILES string of the molecule is C=C(c1ccc(OC(C)C)c(OC)c1)N1CCC2(C=Cc3ccccc3O2)CC1. The van der Waals surface area contributed by atoms with Crippen molar-refractivity contribution in [2.75, 3.05) is 20.2 Å². The highest BCUT2D eigenvalue weighted by Gasteiger charge is 2.37. The number of rotatable bonds is 5. The number of methoxy groups -OCH3 is 1. The van der Waals surface area contributed by atoms with E-state index in [1.165, 1.54) is 0 Å². The Morgan fingerprint density at radius 3 is 2.59 bits per heavy atom. The van der Waals surface area contributed by atoms with E-state index in [0.717, 1.165) is 60.0 Å². The van der Waals surface area contributed by atoms with E-state index in [4.69, 9.17) is 14.2 Å². The van der Waals surface area contributed by atoms with Gasteiger partial charge in [0.1, 0.15) is 11.4 Å². The van der Waals surface area contributed by atoms with Crippen molar-refractivity contribution in [2.24, 2.45) is 0 Å². The lowest BCUT2D eigenvalue weighted by Gasteiger charge is -2.43. The summed E-state index contributed by atoms with van der Waals surface area (Å²) in [5.41, 5.74) is 3.01. The zero-order valence-electron chi connectivity index (χ0n) is 17.5. The maximum Gasteiger partial charge on any atom is 0.161 e. The third kappa shape index (κ3) is 3.98. The first-order chi connectivity index (χ1) is 14.0. The van der Waals surface area contributed by atoms with Gasteiger partial charge in [-0.25, -0.2) is 0 Å². The highest BCUT2D eigenvalue weighted by atomic mass is 16.5. The van der Waals surface area contributed by atoms with Crippen LogP contribution in [0.25, 0.3) is 11.8 Å². The zero-order chi connectivity index (χ0) is 20.4. The molecular weight excluding hydrogens is 362 g/mol. The van der Waals surface area contributed by atoms with Crippen LogP contribution in [0, 0.1) is 0 Å². The van der Waals surface area contributed by atoms with Crippen molar-refractivity contribution < 1.29 is 14.2 Å². The van der Waals surface area contributed by atoms with Crippen LogP contribution in [0.2, 0.25) is 0 Å². The Labute approximate surface area is 173 Å². The fourth-order valence-electron chi connectivity index (χ4n) is 4.01. The Morgan fingerprint density at radius 2 is 1.86 bits per heavy atom. The summed E-state index contributed by atoms with van der Waals surface area (Å²) in [5.74, 6) is 2.48. The van der Waals surface area contributed by atoms with Crippen molar-refractivity contribution in [2.45, 2.75) is 38.4 Å². The Morgan fingerprint density at radius 1 is 1.10 bits per heavy atom. The second-order valence-electron chi connectivity index (χ2n) is 8.00. The third-order valence-electron chi connectivity index (χ3n) is 5.65. The smallest absolute Gasteiger partial charge is 0.161 e. The molecule has 0 saturated carbocycles. The predicted molar refractivity (Wildman–Crippen MR) is 117 cm³/mol. The largest absolute Gasteiger partial charge is 0.493 e. The van der Waals surface area contributed by atoms with Crippen LogP contribution >= 0.6 is 0 Å². The van der Waals surface area contributed by atoms with Gasteiger partial charge >= 0.3 is 0 Å². The molecule has 0 radical (unpaired) electrons. The molecule has 152 valence electrons. The minimum atomic E-state index is -0.211. The molecule has 0 amide bonds. The second kappa shape index (κ2) is 7.86. The summed E-state index contributed by atoms with van der Waals surface area (Å²) in [7, 11) is 1.67. The van der Waals surface area contributed by atoms with Crippen LogP contribution in [0.3, 0.4) is 0 Å². The van der Waals surface area contributed by atoms with Crippen LogP contribution in [0.15, 0.2) is 55.1 Å². The predicted octanol–water partition coefficient (Wildman–Crippen LogP) is 5.39. The van der Waals surface area contributed by atoms with Crippen LogP contribution in [0.4, 0.5) is 0 Å². The van der Waals surface area contributed by atoms with Crippen molar-refractivity contribution in [1.82, 2.24) is 4.90 Å². The molecule has 29 heavy (non-hydrogen) atoms. The van der Waals surface area contributed by atoms with Crippen molar-refractivity contribution >= 4 is 11.8 Å². The second-order valence-corrected chi connectivity index (χ2v) is 8.00. The molecule has 4 rings (SSSR count). The summed E-state index contributed by atoms with van der Waals surface area (Å²) in [6, 6.07) is 14.3. The van der Waals surface area contributed by atoms with Crippen molar-refractivity contribution in [3.05, 3.63) is 66.2 Å². The maximum atomic E-state index is 6.40. The number of fused-ring (bicyclic) bond motifs is 1. The molecule has 0 N–H and O–H groups in total. The lowest BCUT2D eigenvalue weighted by molar-refractivity contribution is 0.0563. The summed E-state index contributed by atoms with van der Waals surface area (Å²) >= 11 is 0. The number of likely N-dealkylation sites (tertiary alicyclic amines) is 1. The number of benzene rings is 2. The fourth-order valence-corrected chi connectivity index (χ4v) is 4.01. The first kappa shape index (κ1) is 19.4. The van der Waals surface area contributed by atoms with Gasteiger partial charge in [-0.2, -0.15) is 0 Å². The van der Waals surface area contributed by atoms with E-state index < -0.39 is 0 Å². The molecule has 0 aromatic heterocycles. The van der Waals surface area contributed by atoms with Gasteiger partial charge in [0, 0.05) is 42.8 Å². The van der Waals surface area contributed by atoms with Gasteiger partial charge in [0.15, 0.2) is 11.5 Å². The Kier molecular flexibility index (Phi) is 5.27. The molecule has 2 aliphatic heterocycles. The molecule has 0 bridgehead atoms. The van der Waals surface area contributed by atoms with Gasteiger partial charge in [0.2, 0.25) is 0 Å². The van der Waals surface area contributed by atoms with E-state index in [-0.39, 0.29) is 11.7 Å². The summed E-state index contributed by atoms with van der Waals surface area (Å²) in [6.45, 7) is 10.2. The van der Waals surface area contributed by atoms with E-state index >= 15 is 0 Å². The molecule has 4 nitrogen and oxygen atoms in total.